The van der Waals surface area contributed by atoms with Crippen LogP contribution in [0.4, 0.5) is 0 Å². The maximum atomic E-state index is 12.1. The van der Waals surface area contributed by atoms with E-state index in [4.69, 9.17) is 0 Å². The van der Waals surface area contributed by atoms with Gasteiger partial charge in [0.2, 0.25) is 0 Å². The van der Waals surface area contributed by atoms with E-state index >= 15 is 0 Å². The SMILES string of the molecule is C[C@]12CC[C@H]3[C@@H](CC[C@H]4CC(=O)C[C@H]([11CH3])[C@@]43C)[C@@H]1CC[C@@H]2O. The van der Waals surface area contributed by atoms with E-state index in [1.165, 1.54) is 32.1 Å². The smallest absolute Gasteiger partial charge is 0.133 e. The van der Waals surface area contributed by atoms with Crippen molar-refractivity contribution in [1.82, 2.24) is 0 Å². The Bertz CT molecular complexity index is 486. The molecule has 0 amide bonds. The average molecular weight is 303 g/mol. The Hall–Kier alpha value is -0.370. The summed E-state index contributed by atoms with van der Waals surface area (Å²) in [6.07, 6.45) is 8.84. The van der Waals surface area contributed by atoms with Crippen LogP contribution in [0, 0.1) is 40.4 Å². The number of hydrogen-bond acceptors (Lipinski definition) is 2. The number of rotatable bonds is 0. The lowest BCUT2D eigenvalue weighted by Gasteiger charge is -2.62. The molecule has 4 aliphatic rings. The first kappa shape index (κ1) is 15.2. The number of fused-ring (bicyclic) bond motifs is 5. The third-order valence-corrected chi connectivity index (χ3v) is 8.98. The van der Waals surface area contributed by atoms with E-state index in [2.05, 4.69) is 20.8 Å². The van der Waals surface area contributed by atoms with Gasteiger partial charge in [-0.15, -0.1) is 0 Å². The van der Waals surface area contributed by atoms with Gasteiger partial charge >= 0.3 is 0 Å². The number of hydrogen-bond donors (Lipinski definition) is 1. The van der Waals surface area contributed by atoms with Crippen LogP contribution in [0.5, 0.6) is 0 Å². The van der Waals surface area contributed by atoms with Gasteiger partial charge in [0.15, 0.2) is 0 Å². The topological polar surface area (TPSA) is 37.3 Å². The maximum Gasteiger partial charge on any atom is 0.133 e. The first-order valence-corrected chi connectivity index (χ1v) is 9.57. The third-order valence-electron chi connectivity index (χ3n) is 8.98. The molecule has 0 heterocycles. The van der Waals surface area contributed by atoms with Gasteiger partial charge in [0.1, 0.15) is 5.78 Å². The molecular weight excluding hydrogens is 271 g/mol. The van der Waals surface area contributed by atoms with Crippen molar-refractivity contribution >= 4 is 5.78 Å². The quantitative estimate of drug-likeness (QED) is 0.728. The van der Waals surface area contributed by atoms with Gasteiger partial charge in [-0.05, 0) is 78.9 Å². The zero-order valence-electron chi connectivity index (χ0n) is 14.5. The second-order valence-corrected chi connectivity index (χ2v) is 9.50. The first-order chi connectivity index (χ1) is 10.4. The Morgan fingerprint density at radius 3 is 2.55 bits per heavy atom. The van der Waals surface area contributed by atoms with Gasteiger partial charge < -0.3 is 5.11 Å². The molecule has 0 spiro atoms. The van der Waals surface area contributed by atoms with Crippen molar-refractivity contribution in [3.8, 4) is 0 Å². The minimum Gasteiger partial charge on any atom is -0.393 e. The van der Waals surface area contributed by atoms with E-state index in [9.17, 15) is 9.90 Å². The molecule has 4 rings (SSSR count). The van der Waals surface area contributed by atoms with Crippen molar-refractivity contribution in [1.29, 1.82) is 0 Å². The Kier molecular flexibility index (Phi) is 3.32. The van der Waals surface area contributed by atoms with Crippen molar-refractivity contribution in [2.45, 2.75) is 78.2 Å². The molecule has 0 unspecified atom stereocenters. The summed E-state index contributed by atoms with van der Waals surface area (Å²) in [6, 6.07) is 0. The van der Waals surface area contributed by atoms with Crippen LogP contribution in [0.25, 0.3) is 0 Å². The summed E-state index contributed by atoms with van der Waals surface area (Å²) in [5.41, 5.74) is 0.545. The summed E-state index contributed by atoms with van der Waals surface area (Å²) in [5, 5.41) is 10.5. The monoisotopic (exact) mass is 303 g/mol. The Morgan fingerprint density at radius 1 is 1.00 bits per heavy atom. The van der Waals surface area contributed by atoms with Crippen LogP contribution in [0.1, 0.15) is 72.1 Å². The van der Waals surface area contributed by atoms with Crippen molar-refractivity contribution in [2.75, 3.05) is 0 Å². The second-order valence-electron chi connectivity index (χ2n) is 9.50. The molecule has 2 heteroatoms. The molecule has 124 valence electrons. The van der Waals surface area contributed by atoms with Crippen LogP contribution >= 0.6 is 0 Å². The zero-order valence-corrected chi connectivity index (χ0v) is 14.5. The third kappa shape index (κ3) is 1.79. The Morgan fingerprint density at radius 2 is 1.77 bits per heavy atom. The molecule has 8 atom stereocenters. The van der Waals surface area contributed by atoms with E-state index < -0.39 is 0 Å². The van der Waals surface area contributed by atoms with Gasteiger partial charge in [-0.25, -0.2) is 0 Å². The molecular formula is C20H32O2. The highest BCUT2D eigenvalue weighted by atomic mass is 16.3. The van der Waals surface area contributed by atoms with E-state index in [-0.39, 0.29) is 11.5 Å². The van der Waals surface area contributed by atoms with Crippen LogP contribution in [0.2, 0.25) is 0 Å². The second kappa shape index (κ2) is 4.82. The summed E-state index contributed by atoms with van der Waals surface area (Å²) < 4.78 is 0. The molecule has 4 aliphatic carbocycles. The number of Topliss-reactive ketones (excluding diaryl/α,β-unsaturated/α-hetero) is 1. The molecule has 0 radical (unpaired) electrons. The highest BCUT2D eigenvalue weighted by molar-refractivity contribution is 5.80. The van der Waals surface area contributed by atoms with Crippen LogP contribution in [0.15, 0.2) is 0 Å². The van der Waals surface area contributed by atoms with Gasteiger partial charge in [-0.2, -0.15) is 0 Å². The average Bonchev–Trinajstić information content (AvgIpc) is 2.77. The molecule has 0 aliphatic heterocycles. The van der Waals surface area contributed by atoms with E-state index in [0.29, 0.717) is 23.0 Å². The highest BCUT2D eigenvalue weighted by Gasteiger charge is 2.61. The lowest BCUT2D eigenvalue weighted by atomic mass is 9.41. The molecule has 0 aromatic rings. The molecule has 0 aromatic heterocycles. The van der Waals surface area contributed by atoms with Gasteiger partial charge in [0.25, 0.3) is 0 Å². The van der Waals surface area contributed by atoms with Gasteiger partial charge in [-0.1, -0.05) is 20.8 Å². The summed E-state index contributed by atoms with van der Waals surface area (Å²) in [5.74, 6) is 3.99. The highest BCUT2D eigenvalue weighted by Crippen LogP contribution is 2.66. The predicted molar refractivity (Wildman–Crippen MR) is 87.3 cm³/mol. The molecule has 0 aromatic carbocycles. The molecule has 0 bridgehead atoms. The number of ketones is 1. The van der Waals surface area contributed by atoms with Crippen molar-refractivity contribution in [2.24, 2.45) is 40.4 Å². The lowest BCUT2D eigenvalue weighted by Crippen LogP contribution is -2.56. The van der Waals surface area contributed by atoms with Crippen LogP contribution < -0.4 is 0 Å². The maximum absolute atomic E-state index is 12.1. The summed E-state index contributed by atoms with van der Waals surface area (Å²) in [6.45, 7) is 7.21. The predicted octanol–water partition coefficient (Wildman–Crippen LogP) is 4.21. The lowest BCUT2D eigenvalue weighted by molar-refractivity contribution is -0.154. The molecule has 1 N–H and O–H groups in total. The van der Waals surface area contributed by atoms with Crippen LogP contribution in [-0.2, 0) is 4.79 Å². The zero-order chi connectivity index (χ0) is 15.7. The minimum absolute atomic E-state index is 0.0747. The van der Waals surface area contributed by atoms with Gasteiger partial charge in [0.05, 0.1) is 6.10 Å². The summed E-state index contributed by atoms with van der Waals surface area (Å²) >= 11 is 0. The Balaban J connectivity index is 1.67. The fraction of sp³-hybridized carbons (Fsp3) is 0.950. The molecule has 2 nitrogen and oxygen atoms in total. The summed E-state index contributed by atoms with van der Waals surface area (Å²) in [7, 11) is 0. The molecule has 22 heavy (non-hydrogen) atoms. The molecule has 0 saturated heterocycles. The van der Waals surface area contributed by atoms with Crippen LogP contribution in [-0.4, -0.2) is 17.0 Å². The van der Waals surface area contributed by atoms with Crippen molar-refractivity contribution in [3.05, 3.63) is 0 Å². The normalized spacial score (nSPS) is 57.9. The van der Waals surface area contributed by atoms with E-state index in [1.54, 1.807) is 0 Å². The number of aliphatic hydroxyl groups is 1. The molecule has 4 fully saturated rings. The standard InChI is InChI=1S/C20H32O2/c1-12-10-14(21)11-13-4-5-15-16-6-7-18(22)19(16,2)9-8-17(15)20(12,13)3/h12-13,15-18,22H,4-11H2,1-3H3/t12-,13-,15-,16-,17-,18-,19-,20-/m0/s1/i1-1. The Labute approximate surface area is 135 Å². The van der Waals surface area contributed by atoms with Crippen molar-refractivity contribution in [3.63, 3.8) is 0 Å². The van der Waals surface area contributed by atoms with Crippen molar-refractivity contribution < 1.29 is 9.90 Å². The number of carbonyl (C=O) groups excluding carboxylic acids is 1. The minimum atomic E-state index is -0.0747. The van der Waals surface area contributed by atoms with E-state index in [0.717, 1.165) is 37.0 Å². The van der Waals surface area contributed by atoms with Gasteiger partial charge in [0, 0.05) is 12.8 Å². The van der Waals surface area contributed by atoms with Gasteiger partial charge in [-0.3, -0.25) is 4.79 Å². The largest absolute Gasteiger partial charge is 0.393 e. The first-order valence-electron chi connectivity index (χ1n) is 9.57. The van der Waals surface area contributed by atoms with E-state index in [1.807, 2.05) is 0 Å². The molecule has 4 saturated carbocycles. The fourth-order valence-corrected chi connectivity index (χ4v) is 7.45. The fourth-order valence-electron chi connectivity index (χ4n) is 7.45. The van der Waals surface area contributed by atoms with Crippen LogP contribution in [0.3, 0.4) is 0 Å². The number of aliphatic hydroxyl groups excluding tert-OH is 1. The summed E-state index contributed by atoms with van der Waals surface area (Å²) in [4.78, 5) is 12.1. The number of carbonyl (C=O) groups is 1.